The van der Waals surface area contributed by atoms with E-state index >= 15 is 0 Å². The number of fused-ring (bicyclic) bond motifs is 8. The van der Waals surface area contributed by atoms with Gasteiger partial charge in [0.15, 0.2) is 0 Å². The molecule has 0 aliphatic heterocycles. The van der Waals surface area contributed by atoms with Crippen LogP contribution in [0.1, 0.15) is 0 Å². The molecule has 0 saturated carbocycles. The van der Waals surface area contributed by atoms with E-state index in [1.165, 1.54) is 95.3 Å². The lowest BCUT2D eigenvalue weighted by Crippen LogP contribution is -1.90. The molecule has 46 heavy (non-hydrogen) atoms. The van der Waals surface area contributed by atoms with Gasteiger partial charge in [0.2, 0.25) is 0 Å². The molecular formula is C44H26S2. The van der Waals surface area contributed by atoms with Gasteiger partial charge in [0.1, 0.15) is 0 Å². The number of hydrogen-bond donors (Lipinski definition) is 0. The van der Waals surface area contributed by atoms with E-state index in [4.69, 9.17) is 0 Å². The highest BCUT2D eigenvalue weighted by molar-refractivity contribution is 7.28. The molecule has 0 nitrogen and oxygen atoms in total. The highest BCUT2D eigenvalue weighted by Gasteiger charge is 2.17. The molecule has 8 aromatic carbocycles. The average molecular weight is 619 g/mol. The van der Waals surface area contributed by atoms with Crippen molar-refractivity contribution >= 4 is 84.6 Å². The van der Waals surface area contributed by atoms with Crippen LogP contribution < -0.4 is 0 Å². The van der Waals surface area contributed by atoms with Crippen LogP contribution in [0.4, 0.5) is 0 Å². The minimum atomic E-state index is 1.24. The summed E-state index contributed by atoms with van der Waals surface area (Å²) in [5.41, 5.74) is 7.58. The Morgan fingerprint density at radius 3 is 1.30 bits per heavy atom. The molecule has 10 aromatic rings. The highest BCUT2D eigenvalue weighted by Crippen LogP contribution is 2.45. The molecule has 0 fully saturated rings. The fourth-order valence-corrected chi connectivity index (χ4v) is 9.67. The maximum Gasteiger partial charge on any atom is 0.0369 e. The lowest BCUT2D eigenvalue weighted by Gasteiger charge is -2.18. The first kappa shape index (κ1) is 26.0. The second kappa shape index (κ2) is 10.1. The molecule has 2 aromatic heterocycles. The zero-order chi connectivity index (χ0) is 30.2. The molecule has 0 spiro atoms. The van der Waals surface area contributed by atoms with Gasteiger partial charge >= 0.3 is 0 Å². The Bertz CT molecular complexity index is 2720. The number of thiophene rings is 2. The Morgan fingerprint density at radius 2 is 0.674 bits per heavy atom. The lowest BCUT2D eigenvalue weighted by molar-refractivity contribution is 1.63. The highest BCUT2D eigenvalue weighted by atomic mass is 32.1. The van der Waals surface area contributed by atoms with Gasteiger partial charge in [-0.2, -0.15) is 0 Å². The summed E-state index contributed by atoms with van der Waals surface area (Å²) in [6.07, 6.45) is 0. The van der Waals surface area contributed by atoms with Crippen molar-refractivity contribution in [3.8, 4) is 33.4 Å². The van der Waals surface area contributed by atoms with Gasteiger partial charge < -0.3 is 0 Å². The van der Waals surface area contributed by atoms with Crippen LogP contribution in [0, 0.1) is 0 Å². The van der Waals surface area contributed by atoms with Crippen LogP contribution >= 0.6 is 22.7 Å². The van der Waals surface area contributed by atoms with Crippen molar-refractivity contribution in [1.29, 1.82) is 0 Å². The maximum absolute atomic E-state index is 2.42. The first-order chi connectivity index (χ1) is 22.8. The number of benzene rings is 8. The molecule has 2 heteroatoms. The summed E-state index contributed by atoms with van der Waals surface area (Å²) < 4.78 is 5.43. The largest absolute Gasteiger partial charge is 0.135 e. The molecule has 10 rings (SSSR count). The zero-order valence-electron chi connectivity index (χ0n) is 24.8. The predicted octanol–water partition coefficient (Wildman–Crippen LogP) is 13.7. The second-order valence-corrected chi connectivity index (χ2v) is 14.2. The summed E-state index contributed by atoms with van der Waals surface area (Å²) in [5.74, 6) is 0. The monoisotopic (exact) mass is 618 g/mol. The molecule has 0 saturated heterocycles. The molecule has 0 radical (unpaired) electrons. The molecule has 0 N–H and O–H groups in total. The van der Waals surface area contributed by atoms with Crippen molar-refractivity contribution in [2.45, 2.75) is 0 Å². The van der Waals surface area contributed by atoms with E-state index < -0.39 is 0 Å². The molecule has 0 bridgehead atoms. The molecular weight excluding hydrogens is 593 g/mol. The predicted molar refractivity (Wildman–Crippen MR) is 204 cm³/mol. The van der Waals surface area contributed by atoms with Gasteiger partial charge in [-0.15, -0.1) is 22.7 Å². The van der Waals surface area contributed by atoms with Gasteiger partial charge in [-0.05, 0) is 85.3 Å². The van der Waals surface area contributed by atoms with E-state index in [9.17, 15) is 0 Å². The molecule has 0 amide bonds. The molecule has 0 atom stereocenters. The van der Waals surface area contributed by atoms with Crippen LogP contribution in [-0.2, 0) is 0 Å². The Kier molecular flexibility index (Phi) is 5.72. The van der Waals surface area contributed by atoms with E-state index in [0.29, 0.717) is 0 Å². The van der Waals surface area contributed by atoms with Crippen LogP contribution in [-0.4, -0.2) is 0 Å². The quantitative estimate of drug-likeness (QED) is 0.173. The van der Waals surface area contributed by atoms with Crippen LogP contribution in [0.2, 0.25) is 0 Å². The van der Waals surface area contributed by atoms with Crippen LogP contribution in [0.25, 0.3) is 95.3 Å². The summed E-state index contributed by atoms with van der Waals surface area (Å²) in [6.45, 7) is 0. The third-order valence-corrected chi connectivity index (χ3v) is 11.7. The van der Waals surface area contributed by atoms with E-state index in [2.05, 4.69) is 158 Å². The van der Waals surface area contributed by atoms with E-state index in [1.807, 2.05) is 22.7 Å². The maximum atomic E-state index is 2.42. The molecule has 0 aliphatic carbocycles. The van der Waals surface area contributed by atoms with Crippen LogP contribution in [0.5, 0.6) is 0 Å². The van der Waals surface area contributed by atoms with Gasteiger partial charge in [0.05, 0.1) is 0 Å². The fraction of sp³-hybridized carbons (Fsp3) is 0. The van der Waals surface area contributed by atoms with Crippen LogP contribution in [0.15, 0.2) is 158 Å². The SMILES string of the molecule is c1ccc(-c2c3ccccc3c(-c3ccc(-c4ccc5sc6cc7sc8ccccc8c7cc6c5c4)cc3)c3ccccc23)cc1. The smallest absolute Gasteiger partial charge is 0.0369 e. The van der Waals surface area contributed by atoms with Crippen molar-refractivity contribution < 1.29 is 0 Å². The topological polar surface area (TPSA) is 0 Å². The lowest BCUT2D eigenvalue weighted by atomic mass is 9.86. The summed E-state index contributed by atoms with van der Waals surface area (Å²) in [5, 5.41) is 10.5. The van der Waals surface area contributed by atoms with E-state index in [1.54, 1.807) is 0 Å². The Balaban J connectivity index is 1.12. The minimum Gasteiger partial charge on any atom is -0.135 e. The molecule has 2 heterocycles. The Hall–Kier alpha value is -5.28. The number of rotatable bonds is 3. The Labute approximate surface area is 274 Å². The minimum absolute atomic E-state index is 1.24. The first-order valence-corrected chi connectivity index (χ1v) is 17.3. The van der Waals surface area contributed by atoms with Gasteiger partial charge in [0, 0.05) is 40.3 Å². The van der Waals surface area contributed by atoms with Gasteiger partial charge in [-0.25, -0.2) is 0 Å². The molecule has 0 unspecified atom stereocenters. The second-order valence-electron chi connectivity index (χ2n) is 12.0. The van der Waals surface area contributed by atoms with Crippen molar-refractivity contribution in [1.82, 2.24) is 0 Å². The number of hydrogen-bond acceptors (Lipinski definition) is 2. The summed E-state index contributed by atoms with van der Waals surface area (Å²) in [4.78, 5) is 0. The van der Waals surface area contributed by atoms with Crippen molar-refractivity contribution in [2.75, 3.05) is 0 Å². The molecule has 0 aliphatic rings. The van der Waals surface area contributed by atoms with E-state index in [0.717, 1.165) is 0 Å². The average Bonchev–Trinajstić information content (AvgIpc) is 3.66. The van der Waals surface area contributed by atoms with Crippen molar-refractivity contribution in [2.24, 2.45) is 0 Å². The molecule has 214 valence electrons. The van der Waals surface area contributed by atoms with Gasteiger partial charge in [0.25, 0.3) is 0 Å². The zero-order valence-corrected chi connectivity index (χ0v) is 26.5. The summed E-state index contributed by atoms with van der Waals surface area (Å²) >= 11 is 3.79. The third kappa shape index (κ3) is 3.91. The van der Waals surface area contributed by atoms with E-state index in [-0.39, 0.29) is 0 Å². The van der Waals surface area contributed by atoms with Crippen molar-refractivity contribution in [3.63, 3.8) is 0 Å². The van der Waals surface area contributed by atoms with Crippen molar-refractivity contribution in [3.05, 3.63) is 158 Å². The standard InChI is InChI=1S/C44H26S2/c1-2-10-28(11-3-1)43-32-13-4-6-15-34(32)44(35-16-7-5-14-33(35)43)29-20-18-27(19-21-29)30-22-23-40-36(24-30)38-25-37-31-12-8-9-17-39(31)45-41(37)26-42(38)46-40/h1-26H. The third-order valence-electron chi connectivity index (χ3n) is 9.47. The van der Waals surface area contributed by atoms with Gasteiger partial charge in [-0.1, -0.05) is 127 Å². The normalized spacial score (nSPS) is 11.9. The Morgan fingerprint density at radius 1 is 0.239 bits per heavy atom. The fourth-order valence-electron chi connectivity index (χ4n) is 7.36. The van der Waals surface area contributed by atoms with Gasteiger partial charge in [-0.3, -0.25) is 0 Å². The summed E-state index contributed by atoms with van der Waals surface area (Å²) in [6, 6.07) is 58.3. The first-order valence-electron chi connectivity index (χ1n) is 15.7. The van der Waals surface area contributed by atoms with Crippen LogP contribution in [0.3, 0.4) is 0 Å². The summed E-state index contributed by atoms with van der Waals surface area (Å²) in [7, 11) is 0.